The zero-order chi connectivity index (χ0) is 21.4. The van der Waals surface area contributed by atoms with Crippen LogP contribution in [0.3, 0.4) is 0 Å². The van der Waals surface area contributed by atoms with Crippen LogP contribution in [0.25, 0.3) is 0 Å². The summed E-state index contributed by atoms with van der Waals surface area (Å²) in [7, 11) is 1.81. The highest BCUT2D eigenvalue weighted by Gasteiger charge is 2.55. The van der Waals surface area contributed by atoms with Gasteiger partial charge in [-0.1, -0.05) is 72.4 Å². The van der Waals surface area contributed by atoms with Gasteiger partial charge in [0, 0.05) is 11.5 Å². The Balaban J connectivity index is 1.94. The Hall–Kier alpha value is -1.28. The first-order valence-corrected chi connectivity index (χ1v) is 11.7. The van der Waals surface area contributed by atoms with Crippen molar-refractivity contribution >= 4 is 0 Å². The summed E-state index contributed by atoms with van der Waals surface area (Å²) in [6.07, 6.45) is 9.98. The quantitative estimate of drug-likeness (QED) is 0.361. The monoisotopic (exact) mass is 398 g/mol. The van der Waals surface area contributed by atoms with Crippen molar-refractivity contribution in [3.8, 4) is 5.75 Å². The van der Waals surface area contributed by atoms with E-state index in [2.05, 4.69) is 59.8 Å². The van der Waals surface area contributed by atoms with Gasteiger partial charge in [0.2, 0.25) is 0 Å². The lowest BCUT2D eigenvalue weighted by Gasteiger charge is -2.59. The average Bonchev–Trinajstić information content (AvgIpc) is 2.69. The normalized spacial score (nSPS) is 25.4. The number of methoxy groups -OCH3 is 1. The molecule has 0 aliphatic heterocycles. The molecule has 0 heterocycles. The van der Waals surface area contributed by atoms with Gasteiger partial charge in [-0.2, -0.15) is 0 Å². The van der Waals surface area contributed by atoms with Crippen LogP contribution in [-0.2, 0) is 5.41 Å². The van der Waals surface area contributed by atoms with Crippen LogP contribution < -0.4 is 4.74 Å². The zero-order valence-electron chi connectivity index (χ0n) is 19.8. The lowest BCUT2D eigenvalue weighted by molar-refractivity contribution is -0.0258. The van der Waals surface area contributed by atoms with Crippen LogP contribution in [0, 0.1) is 24.2 Å². The van der Waals surface area contributed by atoms with Crippen molar-refractivity contribution in [1.29, 1.82) is 0 Å². The Labute approximate surface area is 178 Å². The van der Waals surface area contributed by atoms with Crippen LogP contribution >= 0.6 is 0 Å². The standard InChI is InChI=1S/C27H42O2/c1-8-9-10-11-12-26(3,4)20-13-18(2)25(24(15-20)29-7)21-14-19(17-28)22-16-23(21)27(22,5)6/h13-15,21-23,28H,8-12,16-17H2,1-7H3/t21-,22+,23-/m0/s1. The van der Waals surface area contributed by atoms with Crippen LogP contribution in [-0.4, -0.2) is 18.8 Å². The first-order valence-electron chi connectivity index (χ1n) is 11.7. The van der Waals surface area contributed by atoms with Crippen molar-refractivity contribution in [1.82, 2.24) is 0 Å². The number of hydrogen-bond donors (Lipinski definition) is 1. The van der Waals surface area contributed by atoms with Crippen molar-refractivity contribution in [2.75, 3.05) is 13.7 Å². The van der Waals surface area contributed by atoms with Crippen molar-refractivity contribution in [3.05, 3.63) is 40.5 Å². The Morgan fingerprint density at radius 3 is 2.48 bits per heavy atom. The van der Waals surface area contributed by atoms with E-state index in [4.69, 9.17) is 4.74 Å². The lowest BCUT2D eigenvalue weighted by atomic mass is 9.45. The average molecular weight is 399 g/mol. The third-order valence-corrected chi connectivity index (χ3v) is 8.14. The number of rotatable bonds is 9. The molecule has 2 bridgehead atoms. The first-order chi connectivity index (χ1) is 13.7. The highest BCUT2D eigenvalue weighted by atomic mass is 16.5. The van der Waals surface area contributed by atoms with Gasteiger partial charge >= 0.3 is 0 Å². The lowest BCUT2D eigenvalue weighted by Crippen LogP contribution is -2.51. The Morgan fingerprint density at radius 2 is 1.90 bits per heavy atom. The van der Waals surface area contributed by atoms with Gasteiger partial charge in [-0.25, -0.2) is 0 Å². The maximum atomic E-state index is 9.95. The largest absolute Gasteiger partial charge is 0.496 e. The van der Waals surface area contributed by atoms with E-state index in [9.17, 15) is 5.11 Å². The van der Waals surface area contributed by atoms with Gasteiger partial charge < -0.3 is 9.84 Å². The second-order valence-electron chi connectivity index (χ2n) is 10.7. The van der Waals surface area contributed by atoms with Gasteiger partial charge in [-0.05, 0) is 65.2 Å². The summed E-state index contributed by atoms with van der Waals surface area (Å²) >= 11 is 0. The minimum absolute atomic E-state index is 0.157. The molecule has 0 saturated heterocycles. The topological polar surface area (TPSA) is 29.5 Å². The summed E-state index contributed by atoms with van der Waals surface area (Å²) in [5, 5.41) is 9.95. The molecule has 29 heavy (non-hydrogen) atoms. The number of ether oxygens (including phenoxy) is 1. The van der Waals surface area contributed by atoms with E-state index >= 15 is 0 Å². The molecule has 4 rings (SSSR count). The number of aryl methyl sites for hydroxylation is 1. The molecule has 1 aromatic rings. The molecule has 0 spiro atoms. The summed E-state index contributed by atoms with van der Waals surface area (Å²) < 4.78 is 5.97. The minimum Gasteiger partial charge on any atom is -0.496 e. The molecule has 3 aliphatic rings. The third-order valence-electron chi connectivity index (χ3n) is 8.14. The molecule has 2 heteroatoms. The number of benzene rings is 1. The Bertz CT molecular complexity index is 756. The zero-order valence-corrected chi connectivity index (χ0v) is 19.8. The summed E-state index contributed by atoms with van der Waals surface area (Å²) in [6, 6.07) is 4.70. The summed E-state index contributed by atoms with van der Waals surface area (Å²) in [6.45, 7) is 14.2. The first kappa shape index (κ1) is 22.4. The van der Waals surface area contributed by atoms with Gasteiger partial charge in [0.05, 0.1) is 13.7 Å². The Morgan fingerprint density at radius 1 is 1.17 bits per heavy atom. The molecular formula is C27H42O2. The van der Waals surface area contributed by atoms with E-state index in [0.717, 1.165) is 5.75 Å². The molecule has 1 aromatic carbocycles. The third kappa shape index (κ3) is 4.02. The van der Waals surface area contributed by atoms with Crippen LogP contribution in [0.5, 0.6) is 5.75 Å². The molecule has 0 radical (unpaired) electrons. The van der Waals surface area contributed by atoms with Gasteiger partial charge in [0.1, 0.15) is 5.75 Å². The van der Waals surface area contributed by atoms with E-state index in [0.29, 0.717) is 17.8 Å². The van der Waals surface area contributed by atoms with Crippen molar-refractivity contribution < 1.29 is 9.84 Å². The maximum absolute atomic E-state index is 9.95. The van der Waals surface area contributed by atoms with Gasteiger partial charge in [-0.3, -0.25) is 0 Å². The van der Waals surface area contributed by atoms with E-state index in [1.165, 1.54) is 60.8 Å². The summed E-state index contributed by atoms with van der Waals surface area (Å²) in [5.41, 5.74) is 5.70. The van der Waals surface area contributed by atoms with Gasteiger partial charge in [0.25, 0.3) is 0 Å². The van der Waals surface area contributed by atoms with Crippen LogP contribution in [0.15, 0.2) is 23.8 Å². The molecule has 162 valence electrons. The summed E-state index contributed by atoms with van der Waals surface area (Å²) in [5.74, 6) is 2.54. The van der Waals surface area contributed by atoms with Crippen molar-refractivity contribution in [3.63, 3.8) is 0 Å². The molecule has 0 unspecified atom stereocenters. The molecule has 1 fully saturated rings. The molecule has 3 atom stereocenters. The van der Waals surface area contributed by atoms with Crippen molar-refractivity contribution in [2.24, 2.45) is 17.3 Å². The highest BCUT2D eigenvalue weighted by Crippen LogP contribution is 2.64. The van der Waals surface area contributed by atoms with E-state index in [1.54, 1.807) is 0 Å². The Kier molecular flexibility index (Phi) is 6.53. The van der Waals surface area contributed by atoms with Crippen LogP contribution in [0.2, 0.25) is 0 Å². The van der Waals surface area contributed by atoms with Crippen LogP contribution in [0.1, 0.15) is 95.8 Å². The predicted molar refractivity (Wildman–Crippen MR) is 123 cm³/mol. The number of aliphatic hydroxyl groups is 1. The molecule has 0 aromatic heterocycles. The number of unbranched alkanes of at least 4 members (excludes halogenated alkanes) is 3. The maximum Gasteiger partial charge on any atom is 0.123 e. The van der Waals surface area contributed by atoms with Crippen LogP contribution in [0.4, 0.5) is 0 Å². The second kappa shape index (κ2) is 8.46. The number of hydrogen-bond acceptors (Lipinski definition) is 2. The number of aliphatic hydroxyl groups excluding tert-OH is 1. The smallest absolute Gasteiger partial charge is 0.123 e. The number of fused-ring (bicyclic) bond motifs is 1. The van der Waals surface area contributed by atoms with E-state index in [-0.39, 0.29) is 17.4 Å². The SMILES string of the molecule is CCCCCCC(C)(C)c1cc(C)c([C@H]2C=C(CO)[C@H]3C[C@@H]2C3(C)C)c(OC)c1. The molecule has 3 aliphatic carbocycles. The molecule has 0 amide bonds. The fraction of sp³-hybridized carbons (Fsp3) is 0.704. The van der Waals surface area contributed by atoms with E-state index in [1.807, 2.05) is 7.11 Å². The molecular weight excluding hydrogens is 356 g/mol. The second-order valence-corrected chi connectivity index (χ2v) is 10.7. The minimum atomic E-state index is 0.157. The molecule has 2 nitrogen and oxygen atoms in total. The van der Waals surface area contributed by atoms with Crippen molar-refractivity contribution in [2.45, 2.75) is 91.4 Å². The van der Waals surface area contributed by atoms with Gasteiger partial charge in [0.15, 0.2) is 0 Å². The predicted octanol–water partition coefficient (Wildman–Crippen LogP) is 6.93. The highest BCUT2D eigenvalue weighted by molar-refractivity contribution is 5.51. The number of allylic oxidation sites excluding steroid dienone is 1. The molecule has 1 N–H and O–H groups in total. The fourth-order valence-corrected chi connectivity index (χ4v) is 6.00. The van der Waals surface area contributed by atoms with E-state index < -0.39 is 0 Å². The fourth-order valence-electron chi connectivity index (χ4n) is 6.00. The summed E-state index contributed by atoms with van der Waals surface area (Å²) in [4.78, 5) is 0. The molecule has 1 saturated carbocycles. The van der Waals surface area contributed by atoms with Gasteiger partial charge in [-0.15, -0.1) is 0 Å².